The fourth-order valence-corrected chi connectivity index (χ4v) is 3.81. The Hall–Kier alpha value is -1.20. The molecule has 0 saturated heterocycles. The first-order valence-corrected chi connectivity index (χ1v) is 7.84. The van der Waals surface area contributed by atoms with Gasteiger partial charge in [-0.05, 0) is 49.1 Å². The van der Waals surface area contributed by atoms with E-state index in [4.69, 9.17) is 10.5 Å². The molecule has 1 aromatic rings. The fraction of sp³-hybridized carbons (Fsp3) is 0.533. The van der Waals surface area contributed by atoms with E-state index in [1.165, 1.54) is 0 Å². The molecule has 0 aromatic heterocycles. The van der Waals surface area contributed by atoms with Gasteiger partial charge < -0.3 is 15.6 Å². The minimum absolute atomic E-state index is 0.0816. The van der Waals surface area contributed by atoms with E-state index in [0.717, 1.165) is 35.7 Å². The number of hydrogen-bond acceptors (Lipinski definition) is 4. The maximum atomic E-state index is 11.3. The van der Waals surface area contributed by atoms with Gasteiger partial charge in [0.2, 0.25) is 0 Å². The van der Waals surface area contributed by atoms with E-state index < -0.39 is 11.5 Å². The molecule has 0 radical (unpaired) electrons. The lowest BCUT2D eigenvalue weighted by atomic mass is 9.86. The summed E-state index contributed by atoms with van der Waals surface area (Å²) in [7, 11) is 1.65. The van der Waals surface area contributed by atoms with Crippen LogP contribution in [0.25, 0.3) is 0 Å². The molecule has 0 spiro atoms. The van der Waals surface area contributed by atoms with Gasteiger partial charge in [0.25, 0.3) is 0 Å². The summed E-state index contributed by atoms with van der Waals surface area (Å²) >= 11 is 1.72. The van der Waals surface area contributed by atoms with Crippen LogP contribution in [-0.4, -0.2) is 29.5 Å². The number of hydrogen-bond donors (Lipinski definition) is 2. The van der Waals surface area contributed by atoms with Crippen LogP contribution in [0.1, 0.15) is 25.7 Å². The van der Waals surface area contributed by atoms with Crippen molar-refractivity contribution in [1.29, 1.82) is 0 Å². The fourth-order valence-electron chi connectivity index (χ4n) is 2.80. The lowest BCUT2D eigenvalue weighted by Crippen LogP contribution is -2.51. The predicted octanol–water partition coefficient (Wildman–Crippen LogP) is 2.76. The first-order valence-electron chi connectivity index (χ1n) is 6.85. The van der Waals surface area contributed by atoms with Crippen molar-refractivity contribution in [2.45, 2.75) is 36.1 Å². The van der Waals surface area contributed by atoms with Crippen molar-refractivity contribution in [2.75, 3.05) is 12.9 Å². The molecular weight excluding hydrogens is 274 g/mol. The van der Waals surface area contributed by atoms with Crippen LogP contribution < -0.4 is 10.5 Å². The average molecular weight is 295 g/mol. The van der Waals surface area contributed by atoms with E-state index >= 15 is 0 Å². The third-order valence-corrected chi connectivity index (χ3v) is 5.07. The number of nitrogens with two attached hydrogens (primary N) is 1. The topological polar surface area (TPSA) is 72.5 Å². The highest BCUT2D eigenvalue weighted by Crippen LogP contribution is 2.37. The molecule has 2 atom stereocenters. The molecule has 1 aliphatic carbocycles. The molecule has 110 valence electrons. The largest absolute Gasteiger partial charge is 0.497 e. The van der Waals surface area contributed by atoms with Crippen molar-refractivity contribution in [3.05, 3.63) is 24.3 Å². The van der Waals surface area contributed by atoms with Gasteiger partial charge >= 0.3 is 5.97 Å². The molecule has 1 aromatic carbocycles. The van der Waals surface area contributed by atoms with Gasteiger partial charge in [-0.2, -0.15) is 0 Å². The SMILES string of the molecule is COc1cccc(SCCC2CCCC2(N)C(=O)O)c1. The summed E-state index contributed by atoms with van der Waals surface area (Å²) in [6.45, 7) is 0. The molecule has 0 bridgehead atoms. The first kappa shape index (κ1) is 15.2. The predicted molar refractivity (Wildman–Crippen MR) is 80.2 cm³/mol. The van der Waals surface area contributed by atoms with Crippen LogP contribution in [-0.2, 0) is 4.79 Å². The van der Waals surface area contributed by atoms with Crippen LogP contribution in [0.5, 0.6) is 5.75 Å². The van der Waals surface area contributed by atoms with Gasteiger partial charge in [0.05, 0.1) is 7.11 Å². The average Bonchev–Trinajstić information content (AvgIpc) is 2.82. The summed E-state index contributed by atoms with van der Waals surface area (Å²) in [6, 6.07) is 7.90. The zero-order chi connectivity index (χ0) is 14.6. The minimum Gasteiger partial charge on any atom is -0.497 e. The summed E-state index contributed by atoms with van der Waals surface area (Å²) in [5.41, 5.74) is 5.02. The Morgan fingerprint density at radius 3 is 3.10 bits per heavy atom. The Morgan fingerprint density at radius 2 is 2.40 bits per heavy atom. The number of carbonyl (C=O) groups is 1. The third-order valence-electron chi connectivity index (χ3n) is 4.05. The number of thioether (sulfide) groups is 1. The van der Waals surface area contributed by atoms with Crippen molar-refractivity contribution in [1.82, 2.24) is 0 Å². The number of carboxylic acids is 1. The lowest BCUT2D eigenvalue weighted by Gasteiger charge is -2.26. The zero-order valence-corrected chi connectivity index (χ0v) is 12.5. The molecule has 4 nitrogen and oxygen atoms in total. The maximum Gasteiger partial charge on any atom is 0.323 e. The highest BCUT2D eigenvalue weighted by molar-refractivity contribution is 7.99. The second-order valence-corrected chi connectivity index (χ2v) is 6.42. The second-order valence-electron chi connectivity index (χ2n) is 5.25. The summed E-state index contributed by atoms with van der Waals surface area (Å²) in [5, 5.41) is 9.28. The molecule has 5 heteroatoms. The molecule has 0 aliphatic heterocycles. The summed E-state index contributed by atoms with van der Waals surface area (Å²) in [6.07, 6.45) is 3.26. The molecule has 3 N–H and O–H groups in total. The standard InChI is InChI=1S/C15H21NO3S/c1-19-12-5-2-6-13(10-12)20-9-7-11-4-3-8-15(11,16)14(17)18/h2,5-6,10-11H,3-4,7-9,16H2,1H3,(H,17,18). The Balaban J connectivity index is 1.88. The van der Waals surface area contributed by atoms with Gasteiger partial charge in [-0.25, -0.2) is 0 Å². The molecular formula is C15H21NO3S. The number of carboxylic acid groups (broad SMARTS) is 1. The molecule has 2 rings (SSSR count). The van der Waals surface area contributed by atoms with Crippen molar-refractivity contribution in [2.24, 2.45) is 11.7 Å². The summed E-state index contributed by atoms with van der Waals surface area (Å²) in [5.74, 6) is 0.948. The van der Waals surface area contributed by atoms with Gasteiger partial charge in [0.15, 0.2) is 0 Å². The van der Waals surface area contributed by atoms with Crippen LogP contribution in [0.4, 0.5) is 0 Å². The second kappa shape index (κ2) is 6.50. The van der Waals surface area contributed by atoms with Crippen molar-refractivity contribution >= 4 is 17.7 Å². The van der Waals surface area contributed by atoms with E-state index in [1.54, 1.807) is 18.9 Å². The Kier molecular flexibility index (Phi) is 4.94. The molecule has 0 amide bonds. The lowest BCUT2D eigenvalue weighted by molar-refractivity contribution is -0.144. The number of ether oxygens (including phenoxy) is 1. The van der Waals surface area contributed by atoms with Crippen LogP contribution in [0, 0.1) is 5.92 Å². The number of methoxy groups -OCH3 is 1. The summed E-state index contributed by atoms with van der Waals surface area (Å²) < 4.78 is 5.19. The number of rotatable bonds is 6. The quantitative estimate of drug-likeness (QED) is 0.790. The molecule has 20 heavy (non-hydrogen) atoms. The van der Waals surface area contributed by atoms with E-state index in [-0.39, 0.29) is 5.92 Å². The van der Waals surface area contributed by atoms with Crippen molar-refractivity contribution in [3.63, 3.8) is 0 Å². The van der Waals surface area contributed by atoms with Gasteiger partial charge in [-0.15, -0.1) is 11.8 Å². The third kappa shape index (κ3) is 3.27. The highest BCUT2D eigenvalue weighted by Gasteiger charge is 2.45. The van der Waals surface area contributed by atoms with Gasteiger partial charge in [0, 0.05) is 4.90 Å². The van der Waals surface area contributed by atoms with Crippen LogP contribution in [0.15, 0.2) is 29.2 Å². The maximum absolute atomic E-state index is 11.3. The minimum atomic E-state index is -1.02. The van der Waals surface area contributed by atoms with Gasteiger partial charge in [-0.3, -0.25) is 4.79 Å². The van der Waals surface area contributed by atoms with E-state index in [1.807, 2.05) is 24.3 Å². The highest BCUT2D eigenvalue weighted by atomic mass is 32.2. The molecule has 2 unspecified atom stereocenters. The van der Waals surface area contributed by atoms with E-state index in [0.29, 0.717) is 6.42 Å². The molecule has 1 fully saturated rings. The Morgan fingerprint density at radius 1 is 1.60 bits per heavy atom. The Labute approximate surface area is 123 Å². The normalized spacial score (nSPS) is 25.6. The molecule has 0 heterocycles. The molecule has 1 saturated carbocycles. The number of benzene rings is 1. The van der Waals surface area contributed by atoms with Crippen LogP contribution in [0.3, 0.4) is 0 Å². The molecule has 1 aliphatic rings. The monoisotopic (exact) mass is 295 g/mol. The number of aliphatic carboxylic acids is 1. The van der Waals surface area contributed by atoms with Crippen molar-refractivity contribution < 1.29 is 14.6 Å². The van der Waals surface area contributed by atoms with E-state index in [9.17, 15) is 9.90 Å². The first-order chi connectivity index (χ1) is 9.56. The van der Waals surface area contributed by atoms with Gasteiger partial charge in [-0.1, -0.05) is 12.5 Å². The Bertz CT molecular complexity index is 480. The van der Waals surface area contributed by atoms with Crippen molar-refractivity contribution in [3.8, 4) is 5.75 Å². The van der Waals surface area contributed by atoms with Crippen LogP contribution in [0.2, 0.25) is 0 Å². The van der Waals surface area contributed by atoms with E-state index in [2.05, 4.69) is 0 Å². The van der Waals surface area contributed by atoms with Crippen LogP contribution >= 0.6 is 11.8 Å². The summed E-state index contributed by atoms with van der Waals surface area (Å²) in [4.78, 5) is 12.4. The van der Waals surface area contributed by atoms with Gasteiger partial charge in [0.1, 0.15) is 11.3 Å². The smallest absolute Gasteiger partial charge is 0.323 e. The zero-order valence-electron chi connectivity index (χ0n) is 11.7.